The quantitative estimate of drug-likeness (QED) is 0.698. The second kappa shape index (κ2) is 6.55. The monoisotopic (exact) mass is 350 g/mol. The lowest BCUT2D eigenvalue weighted by Gasteiger charge is -2.38. The van der Waals surface area contributed by atoms with Crippen molar-refractivity contribution >= 4 is 5.91 Å². The van der Waals surface area contributed by atoms with Crippen LogP contribution in [0.2, 0.25) is 0 Å². The van der Waals surface area contributed by atoms with Crippen molar-refractivity contribution in [2.75, 3.05) is 13.1 Å². The second-order valence-corrected chi connectivity index (χ2v) is 6.43. The third-order valence-electron chi connectivity index (χ3n) is 4.37. The molecule has 0 N–H and O–H groups in total. The molecule has 1 aliphatic rings. The minimum atomic E-state index is -0.145. The fraction of sp³-hybridized carbons (Fsp3) is 0.278. The van der Waals surface area contributed by atoms with E-state index in [1.165, 1.54) is 21.7 Å². The summed E-state index contributed by atoms with van der Waals surface area (Å²) in [5, 5.41) is 12.7. The molecule has 1 fully saturated rings. The van der Waals surface area contributed by atoms with Gasteiger partial charge in [0.1, 0.15) is 0 Å². The molecule has 4 rings (SSSR count). The average molecular weight is 350 g/mol. The van der Waals surface area contributed by atoms with E-state index in [1.54, 1.807) is 11.0 Å². The third kappa shape index (κ3) is 3.13. The molecule has 0 aliphatic carbocycles. The van der Waals surface area contributed by atoms with Gasteiger partial charge in [-0.05, 0) is 25.1 Å². The highest BCUT2D eigenvalue weighted by molar-refractivity contribution is 5.92. The number of amides is 1. The van der Waals surface area contributed by atoms with Crippen molar-refractivity contribution in [2.24, 2.45) is 5.92 Å². The van der Waals surface area contributed by atoms with Gasteiger partial charge >= 0.3 is 0 Å². The maximum absolute atomic E-state index is 12.5. The molecule has 1 amide bonds. The zero-order valence-corrected chi connectivity index (χ0v) is 14.3. The Hall–Kier alpha value is -3.29. The van der Waals surface area contributed by atoms with Crippen molar-refractivity contribution in [3.05, 3.63) is 70.4 Å². The van der Waals surface area contributed by atoms with Gasteiger partial charge in [0.25, 0.3) is 11.5 Å². The van der Waals surface area contributed by atoms with E-state index in [0.717, 1.165) is 11.4 Å². The number of carbonyl (C=O) groups excluding carboxylic acids is 1. The van der Waals surface area contributed by atoms with Gasteiger partial charge in [0.05, 0.1) is 24.1 Å². The Bertz CT molecular complexity index is 988. The fourth-order valence-corrected chi connectivity index (χ4v) is 2.99. The van der Waals surface area contributed by atoms with Crippen molar-refractivity contribution < 1.29 is 4.79 Å². The van der Waals surface area contributed by atoms with Crippen LogP contribution in [0.25, 0.3) is 5.69 Å². The molecule has 0 spiro atoms. The summed E-state index contributed by atoms with van der Waals surface area (Å²) in [6, 6.07) is 12.7. The highest BCUT2D eigenvalue weighted by Gasteiger charge is 2.33. The Labute approximate surface area is 149 Å². The molecule has 1 aromatic carbocycles. The largest absolute Gasteiger partial charge is 0.336 e. The van der Waals surface area contributed by atoms with Gasteiger partial charge in [-0.1, -0.05) is 18.2 Å². The average Bonchev–Trinajstić information content (AvgIpc) is 3.11. The van der Waals surface area contributed by atoms with Gasteiger partial charge in [-0.2, -0.15) is 15.0 Å². The lowest BCUT2D eigenvalue weighted by molar-refractivity contribution is 0.0451. The molecule has 0 saturated carbocycles. The summed E-state index contributed by atoms with van der Waals surface area (Å²) in [7, 11) is 0. The van der Waals surface area contributed by atoms with Crippen LogP contribution in [-0.2, 0) is 6.54 Å². The molecule has 0 unspecified atom stereocenters. The van der Waals surface area contributed by atoms with Crippen molar-refractivity contribution in [2.45, 2.75) is 13.5 Å². The number of para-hydroxylation sites is 1. The molecule has 3 heterocycles. The molecule has 132 valence electrons. The molecule has 8 heteroatoms. The van der Waals surface area contributed by atoms with E-state index in [9.17, 15) is 9.59 Å². The van der Waals surface area contributed by atoms with E-state index in [1.807, 2.05) is 37.3 Å². The number of benzene rings is 1. The summed E-state index contributed by atoms with van der Waals surface area (Å²) in [6.07, 6.45) is 1.48. The summed E-state index contributed by atoms with van der Waals surface area (Å²) < 4.78 is 1.47. The van der Waals surface area contributed by atoms with Gasteiger partial charge in [-0.15, -0.1) is 5.10 Å². The van der Waals surface area contributed by atoms with E-state index < -0.39 is 0 Å². The molecule has 26 heavy (non-hydrogen) atoms. The standard InChI is InChI=1S/C18H18N6O2/c1-13-7-8-17(25)23(20-13)12-14-10-22(11-14)18(26)16-9-19-24(21-16)15-5-3-2-4-6-15/h2-9,14H,10-12H2,1H3. The van der Waals surface area contributed by atoms with Crippen LogP contribution in [-0.4, -0.2) is 48.7 Å². The van der Waals surface area contributed by atoms with Gasteiger partial charge in [0, 0.05) is 25.1 Å². The van der Waals surface area contributed by atoms with Gasteiger partial charge < -0.3 is 4.90 Å². The predicted molar refractivity (Wildman–Crippen MR) is 94.0 cm³/mol. The second-order valence-electron chi connectivity index (χ2n) is 6.43. The molecular weight excluding hydrogens is 332 g/mol. The lowest BCUT2D eigenvalue weighted by Crippen LogP contribution is -2.52. The normalized spacial score (nSPS) is 14.3. The molecule has 0 bridgehead atoms. The zero-order valence-electron chi connectivity index (χ0n) is 14.3. The van der Waals surface area contributed by atoms with Crippen LogP contribution in [0.3, 0.4) is 0 Å². The van der Waals surface area contributed by atoms with E-state index >= 15 is 0 Å². The predicted octanol–water partition coefficient (Wildman–Crippen LogP) is 0.905. The minimum absolute atomic E-state index is 0.119. The van der Waals surface area contributed by atoms with Crippen molar-refractivity contribution in [1.29, 1.82) is 0 Å². The topological polar surface area (TPSA) is 85.9 Å². The molecule has 3 aromatic rings. The van der Waals surface area contributed by atoms with E-state index in [4.69, 9.17) is 0 Å². The summed E-state index contributed by atoms with van der Waals surface area (Å²) in [5.74, 6) is 0.0723. The van der Waals surface area contributed by atoms with E-state index in [2.05, 4.69) is 15.3 Å². The minimum Gasteiger partial charge on any atom is -0.336 e. The number of hydrogen-bond acceptors (Lipinski definition) is 5. The Morgan fingerprint density at radius 2 is 1.88 bits per heavy atom. The highest BCUT2D eigenvalue weighted by atomic mass is 16.2. The van der Waals surface area contributed by atoms with Gasteiger partial charge in [-0.25, -0.2) is 4.68 Å². The molecular formula is C18H18N6O2. The van der Waals surface area contributed by atoms with Crippen molar-refractivity contribution in [1.82, 2.24) is 29.7 Å². The smallest absolute Gasteiger partial charge is 0.276 e. The first-order chi connectivity index (χ1) is 12.6. The van der Waals surface area contributed by atoms with Gasteiger partial charge in [0.2, 0.25) is 0 Å². The van der Waals surface area contributed by atoms with E-state index in [-0.39, 0.29) is 17.4 Å². The van der Waals surface area contributed by atoms with Crippen LogP contribution in [0, 0.1) is 12.8 Å². The first-order valence-corrected chi connectivity index (χ1v) is 8.42. The number of hydrogen-bond donors (Lipinski definition) is 0. The molecule has 2 aromatic heterocycles. The number of aryl methyl sites for hydroxylation is 1. The summed E-state index contributed by atoms with van der Waals surface area (Å²) in [5.41, 5.74) is 1.80. The molecule has 0 radical (unpaired) electrons. The van der Waals surface area contributed by atoms with E-state index in [0.29, 0.717) is 25.3 Å². The van der Waals surface area contributed by atoms with Gasteiger partial charge in [-0.3, -0.25) is 9.59 Å². The van der Waals surface area contributed by atoms with Crippen LogP contribution < -0.4 is 5.56 Å². The first kappa shape index (κ1) is 16.2. The Kier molecular flexibility index (Phi) is 4.08. The molecule has 1 aliphatic heterocycles. The Morgan fingerprint density at radius 1 is 1.12 bits per heavy atom. The summed E-state index contributed by atoms with van der Waals surface area (Å²) in [6.45, 7) is 3.53. The highest BCUT2D eigenvalue weighted by Crippen LogP contribution is 2.19. The van der Waals surface area contributed by atoms with Crippen molar-refractivity contribution in [3.8, 4) is 5.69 Å². The lowest BCUT2D eigenvalue weighted by atomic mass is 10.00. The number of aromatic nitrogens is 5. The molecule has 0 atom stereocenters. The SMILES string of the molecule is Cc1ccc(=O)n(CC2CN(C(=O)c3cnn(-c4ccccc4)n3)C2)n1. The van der Waals surface area contributed by atoms with Crippen LogP contribution in [0.1, 0.15) is 16.2 Å². The summed E-state index contributed by atoms with van der Waals surface area (Å²) in [4.78, 5) is 27.5. The molecule has 8 nitrogen and oxygen atoms in total. The number of likely N-dealkylation sites (tertiary alicyclic amines) is 1. The van der Waals surface area contributed by atoms with Crippen molar-refractivity contribution in [3.63, 3.8) is 0 Å². The molecule has 1 saturated heterocycles. The Balaban J connectivity index is 1.38. The van der Waals surface area contributed by atoms with Crippen LogP contribution in [0.15, 0.2) is 53.5 Å². The fourth-order valence-electron chi connectivity index (χ4n) is 2.99. The maximum atomic E-state index is 12.5. The summed E-state index contributed by atoms with van der Waals surface area (Å²) >= 11 is 0. The first-order valence-electron chi connectivity index (χ1n) is 8.42. The third-order valence-corrected chi connectivity index (χ3v) is 4.37. The number of rotatable bonds is 4. The van der Waals surface area contributed by atoms with Gasteiger partial charge in [0.15, 0.2) is 5.69 Å². The number of nitrogens with zero attached hydrogens (tertiary/aromatic N) is 6. The zero-order chi connectivity index (χ0) is 18.1. The number of carbonyl (C=O) groups is 1. The van der Waals surface area contributed by atoms with Crippen LogP contribution >= 0.6 is 0 Å². The van der Waals surface area contributed by atoms with Crippen LogP contribution in [0.5, 0.6) is 0 Å². The maximum Gasteiger partial charge on any atom is 0.276 e. The Morgan fingerprint density at radius 3 is 2.65 bits per heavy atom. The van der Waals surface area contributed by atoms with Crippen LogP contribution in [0.4, 0.5) is 0 Å².